The zero-order chi connectivity index (χ0) is 28.0. The van der Waals surface area contributed by atoms with E-state index >= 15 is 0 Å². The normalized spacial score (nSPS) is 18.1. The molecule has 214 valence electrons. The lowest BCUT2D eigenvalue weighted by molar-refractivity contribution is -0.126. The average Bonchev–Trinajstić information content (AvgIpc) is 2.93. The van der Waals surface area contributed by atoms with Gasteiger partial charge in [-0.05, 0) is 54.8 Å². The monoisotopic (exact) mass is 619 g/mol. The molecule has 1 amide bonds. The van der Waals surface area contributed by atoms with Crippen molar-refractivity contribution in [3.63, 3.8) is 0 Å². The fraction of sp³-hybridized carbons (Fsp3) is 0.480. The van der Waals surface area contributed by atoms with E-state index in [2.05, 4.69) is 5.32 Å². The van der Waals surface area contributed by atoms with Crippen LogP contribution in [0.3, 0.4) is 0 Å². The molecule has 0 unspecified atom stereocenters. The minimum Gasteiger partial charge on any atom is -0.492 e. The molecule has 1 N–H and O–H groups in total. The molecular formula is C25H31Cl2N3O7S2. The minimum atomic E-state index is -3.57. The molecule has 0 saturated carbocycles. The summed E-state index contributed by atoms with van der Waals surface area (Å²) < 4.78 is 64.7. The standard InChI is InChI=1S/C25H31Cl2N3O7S2/c26-23-6-1-19(17-24(23)27)18-38(32,33)29-10-7-20(8-11-29)25(31)28-9-14-37-21-2-4-22(5-3-21)39(34,35)30-12-15-36-16-13-30/h1-6,17,20H,7-16,18H2,(H,28,31). The van der Waals surface area contributed by atoms with Crippen LogP contribution in [0.5, 0.6) is 5.75 Å². The summed E-state index contributed by atoms with van der Waals surface area (Å²) in [6.45, 7) is 2.41. The molecule has 0 spiro atoms. The van der Waals surface area contributed by atoms with Gasteiger partial charge in [0.1, 0.15) is 12.4 Å². The predicted octanol–water partition coefficient (Wildman–Crippen LogP) is 2.75. The van der Waals surface area contributed by atoms with Gasteiger partial charge in [0, 0.05) is 32.1 Å². The molecule has 4 rings (SSSR count). The summed E-state index contributed by atoms with van der Waals surface area (Å²) in [5.41, 5.74) is 0.553. The Hall–Kier alpha value is -1.93. The highest BCUT2D eigenvalue weighted by Gasteiger charge is 2.31. The Balaban J connectivity index is 1.18. The summed E-state index contributed by atoms with van der Waals surface area (Å²) in [5.74, 6) is -0.123. The van der Waals surface area contributed by atoms with Crippen LogP contribution in [-0.2, 0) is 35.3 Å². The number of ether oxygens (including phenoxy) is 2. The summed E-state index contributed by atoms with van der Waals surface area (Å²) >= 11 is 11.9. The number of carbonyl (C=O) groups excluding carboxylic acids is 1. The zero-order valence-corrected chi connectivity index (χ0v) is 24.4. The molecule has 14 heteroatoms. The number of hydrogen-bond donors (Lipinski definition) is 1. The van der Waals surface area contributed by atoms with E-state index in [1.165, 1.54) is 20.7 Å². The van der Waals surface area contributed by atoms with Crippen molar-refractivity contribution in [2.75, 3.05) is 52.5 Å². The van der Waals surface area contributed by atoms with Crippen LogP contribution in [-0.4, -0.2) is 83.9 Å². The number of sulfonamides is 2. The van der Waals surface area contributed by atoms with Crippen LogP contribution in [0.1, 0.15) is 18.4 Å². The number of piperidine rings is 1. The van der Waals surface area contributed by atoms with E-state index in [1.807, 2.05) is 0 Å². The summed E-state index contributed by atoms with van der Waals surface area (Å²) in [4.78, 5) is 12.8. The lowest BCUT2D eigenvalue weighted by atomic mass is 9.97. The molecule has 2 aromatic carbocycles. The second kappa shape index (κ2) is 13.2. The third-order valence-electron chi connectivity index (χ3n) is 6.65. The van der Waals surface area contributed by atoms with Crippen LogP contribution in [0.15, 0.2) is 47.4 Å². The molecule has 0 bridgehead atoms. The maximum Gasteiger partial charge on any atom is 0.243 e. The van der Waals surface area contributed by atoms with E-state index in [0.29, 0.717) is 60.5 Å². The lowest BCUT2D eigenvalue weighted by Crippen LogP contribution is -2.43. The molecule has 0 atom stereocenters. The van der Waals surface area contributed by atoms with Crippen LogP contribution in [0.4, 0.5) is 0 Å². The summed E-state index contributed by atoms with van der Waals surface area (Å²) in [5, 5.41) is 3.50. The number of hydrogen-bond acceptors (Lipinski definition) is 7. The topological polar surface area (TPSA) is 122 Å². The van der Waals surface area contributed by atoms with Crippen LogP contribution in [0, 0.1) is 5.92 Å². The Bertz CT molecular complexity index is 1360. The van der Waals surface area contributed by atoms with E-state index < -0.39 is 20.0 Å². The quantitative estimate of drug-likeness (QED) is 0.406. The number of rotatable bonds is 10. The van der Waals surface area contributed by atoms with Gasteiger partial charge in [-0.2, -0.15) is 4.31 Å². The van der Waals surface area contributed by atoms with E-state index in [9.17, 15) is 21.6 Å². The van der Waals surface area contributed by atoms with Crippen molar-refractivity contribution in [1.82, 2.24) is 13.9 Å². The Morgan fingerprint density at radius 3 is 2.23 bits per heavy atom. The fourth-order valence-electron chi connectivity index (χ4n) is 4.46. The molecule has 0 radical (unpaired) electrons. The van der Waals surface area contributed by atoms with Crippen molar-refractivity contribution in [2.24, 2.45) is 5.92 Å². The highest BCUT2D eigenvalue weighted by molar-refractivity contribution is 7.89. The van der Waals surface area contributed by atoms with E-state index in [1.54, 1.807) is 30.3 Å². The van der Waals surface area contributed by atoms with Gasteiger partial charge in [0.15, 0.2) is 0 Å². The molecule has 2 aromatic rings. The molecule has 39 heavy (non-hydrogen) atoms. The van der Waals surface area contributed by atoms with Crippen molar-refractivity contribution >= 4 is 49.2 Å². The second-order valence-corrected chi connectivity index (χ2v) is 14.0. The van der Waals surface area contributed by atoms with Gasteiger partial charge in [0.25, 0.3) is 0 Å². The van der Waals surface area contributed by atoms with Crippen molar-refractivity contribution in [3.8, 4) is 5.75 Å². The number of benzene rings is 2. The second-order valence-electron chi connectivity index (χ2n) is 9.31. The zero-order valence-electron chi connectivity index (χ0n) is 21.2. The summed E-state index contributed by atoms with van der Waals surface area (Å²) in [6, 6.07) is 10.9. The van der Waals surface area contributed by atoms with Gasteiger partial charge < -0.3 is 14.8 Å². The first-order valence-corrected chi connectivity index (χ1v) is 16.4. The first-order chi connectivity index (χ1) is 18.6. The van der Waals surface area contributed by atoms with Crippen molar-refractivity contribution in [2.45, 2.75) is 23.5 Å². The number of morpholine rings is 1. The number of halogens is 2. The largest absolute Gasteiger partial charge is 0.492 e. The Morgan fingerprint density at radius 2 is 1.59 bits per heavy atom. The third kappa shape index (κ3) is 7.84. The lowest BCUT2D eigenvalue weighted by Gasteiger charge is -2.30. The summed E-state index contributed by atoms with van der Waals surface area (Å²) in [7, 11) is -7.12. The van der Waals surface area contributed by atoms with Crippen LogP contribution in [0.25, 0.3) is 0 Å². The molecule has 2 aliphatic heterocycles. The van der Waals surface area contributed by atoms with Gasteiger partial charge in [-0.15, -0.1) is 0 Å². The first kappa shape index (κ1) is 30.0. The minimum absolute atomic E-state index is 0.146. The number of nitrogens with one attached hydrogen (secondary N) is 1. The maximum absolute atomic E-state index is 12.8. The van der Waals surface area contributed by atoms with Crippen LogP contribution >= 0.6 is 23.2 Å². The summed E-state index contributed by atoms with van der Waals surface area (Å²) in [6.07, 6.45) is 0.846. The number of carbonyl (C=O) groups is 1. The molecule has 2 saturated heterocycles. The van der Waals surface area contributed by atoms with Crippen molar-refractivity contribution in [3.05, 3.63) is 58.1 Å². The van der Waals surface area contributed by atoms with E-state index in [4.69, 9.17) is 32.7 Å². The van der Waals surface area contributed by atoms with Gasteiger partial charge in [0.05, 0.1) is 40.5 Å². The maximum atomic E-state index is 12.8. The predicted molar refractivity (Wildman–Crippen MR) is 148 cm³/mol. The van der Waals surface area contributed by atoms with Gasteiger partial charge in [-0.1, -0.05) is 29.3 Å². The van der Waals surface area contributed by atoms with Crippen molar-refractivity contribution < 1.29 is 31.1 Å². The molecule has 0 aliphatic carbocycles. The number of amides is 1. The molecule has 2 heterocycles. The Kier molecular flexibility index (Phi) is 10.1. The molecular weight excluding hydrogens is 589 g/mol. The molecule has 0 aromatic heterocycles. The smallest absolute Gasteiger partial charge is 0.243 e. The van der Waals surface area contributed by atoms with Gasteiger partial charge >= 0.3 is 0 Å². The third-order valence-corrected chi connectivity index (χ3v) is 11.2. The van der Waals surface area contributed by atoms with E-state index in [0.717, 1.165) is 0 Å². The highest BCUT2D eigenvalue weighted by Crippen LogP contribution is 2.26. The van der Waals surface area contributed by atoms with Crippen molar-refractivity contribution in [1.29, 1.82) is 0 Å². The molecule has 2 fully saturated rings. The average molecular weight is 621 g/mol. The molecule has 2 aliphatic rings. The van der Waals surface area contributed by atoms with Crippen LogP contribution in [0.2, 0.25) is 10.0 Å². The van der Waals surface area contributed by atoms with Gasteiger partial charge in [-0.25, -0.2) is 21.1 Å². The van der Waals surface area contributed by atoms with Crippen LogP contribution < -0.4 is 10.1 Å². The Labute approximate surface area is 239 Å². The first-order valence-electron chi connectivity index (χ1n) is 12.6. The van der Waals surface area contributed by atoms with Gasteiger partial charge in [-0.3, -0.25) is 4.79 Å². The SMILES string of the molecule is O=C(NCCOc1ccc(S(=O)(=O)N2CCOCC2)cc1)C1CCN(S(=O)(=O)Cc2ccc(Cl)c(Cl)c2)CC1. The highest BCUT2D eigenvalue weighted by atomic mass is 35.5. The van der Waals surface area contributed by atoms with E-state index in [-0.39, 0.29) is 48.7 Å². The number of nitrogens with zero attached hydrogens (tertiary/aromatic N) is 2. The molecule has 10 nitrogen and oxygen atoms in total. The Morgan fingerprint density at radius 1 is 0.923 bits per heavy atom. The fourth-order valence-corrected chi connectivity index (χ4v) is 7.74. The van der Waals surface area contributed by atoms with Gasteiger partial charge in [0.2, 0.25) is 26.0 Å².